The molecule has 21 heavy (non-hydrogen) atoms. The monoisotopic (exact) mass is 309 g/mol. The lowest BCUT2D eigenvalue weighted by atomic mass is 9.99. The summed E-state index contributed by atoms with van der Waals surface area (Å²) in [5.41, 5.74) is 0.454. The van der Waals surface area contributed by atoms with Crippen molar-refractivity contribution >= 4 is 10.0 Å². The number of hydrogen-bond acceptors (Lipinski definition) is 3. The molecule has 0 radical (unpaired) electrons. The van der Waals surface area contributed by atoms with Gasteiger partial charge in [0.1, 0.15) is 0 Å². The summed E-state index contributed by atoms with van der Waals surface area (Å²) in [4.78, 5) is 0.186. The SMILES string of the molecule is CC(C)C(C)CNS(=O)(=O)c1ccccc1C#CCCO. The Labute approximate surface area is 127 Å². The van der Waals surface area contributed by atoms with Gasteiger partial charge in [0.05, 0.1) is 11.5 Å². The first-order valence-electron chi connectivity index (χ1n) is 7.07. The van der Waals surface area contributed by atoms with Crippen LogP contribution in [-0.4, -0.2) is 26.7 Å². The molecule has 0 fully saturated rings. The van der Waals surface area contributed by atoms with Gasteiger partial charge in [-0.3, -0.25) is 0 Å². The molecule has 4 nitrogen and oxygen atoms in total. The fourth-order valence-electron chi connectivity index (χ4n) is 1.57. The maximum atomic E-state index is 12.4. The first-order valence-corrected chi connectivity index (χ1v) is 8.55. The molecule has 1 atom stereocenters. The molecule has 0 bridgehead atoms. The number of aliphatic hydroxyl groups excluding tert-OH is 1. The fraction of sp³-hybridized carbons (Fsp3) is 0.500. The zero-order valence-electron chi connectivity index (χ0n) is 12.8. The highest BCUT2D eigenvalue weighted by atomic mass is 32.2. The molecule has 0 aliphatic carbocycles. The molecule has 1 unspecified atom stereocenters. The zero-order valence-corrected chi connectivity index (χ0v) is 13.6. The van der Waals surface area contributed by atoms with Crippen LogP contribution < -0.4 is 4.72 Å². The molecule has 0 spiro atoms. The summed E-state index contributed by atoms with van der Waals surface area (Å²) >= 11 is 0. The lowest BCUT2D eigenvalue weighted by Gasteiger charge is -2.16. The Hall–Kier alpha value is -1.35. The number of sulfonamides is 1. The number of rotatable bonds is 6. The van der Waals surface area contributed by atoms with Gasteiger partial charge < -0.3 is 5.11 Å². The van der Waals surface area contributed by atoms with Crippen LogP contribution in [0.3, 0.4) is 0 Å². The Kier molecular flexibility index (Phi) is 6.90. The third-order valence-corrected chi connectivity index (χ3v) is 4.85. The van der Waals surface area contributed by atoms with Gasteiger partial charge >= 0.3 is 0 Å². The van der Waals surface area contributed by atoms with E-state index < -0.39 is 10.0 Å². The summed E-state index contributed by atoms with van der Waals surface area (Å²) < 4.78 is 27.4. The number of aliphatic hydroxyl groups is 1. The first kappa shape index (κ1) is 17.7. The van der Waals surface area contributed by atoms with Crippen molar-refractivity contribution in [1.29, 1.82) is 0 Å². The Balaban J connectivity index is 2.96. The largest absolute Gasteiger partial charge is 0.395 e. The van der Waals surface area contributed by atoms with E-state index in [1.807, 2.05) is 6.92 Å². The second-order valence-corrected chi connectivity index (χ2v) is 7.08. The zero-order chi connectivity index (χ0) is 15.9. The molecule has 116 valence electrons. The van der Waals surface area contributed by atoms with Gasteiger partial charge in [0.2, 0.25) is 10.0 Å². The first-order chi connectivity index (χ1) is 9.88. The number of nitrogens with one attached hydrogen (secondary N) is 1. The van der Waals surface area contributed by atoms with Crippen molar-refractivity contribution in [2.24, 2.45) is 11.8 Å². The summed E-state index contributed by atoms with van der Waals surface area (Å²) in [6.45, 7) is 6.51. The molecule has 2 N–H and O–H groups in total. The van der Waals surface area contributed by atoms with Gasteiger partial charge in [-0.2, -0.15) is 0 Å². The number of hydrogen-bond donors (Lipinski definition) is 2. The van der Waals surface area contributed by atoms with Gasteiger partial charge in [0.25, 0.3) is 0 Å². The van der Waals surface area contributed by atoms with Crippen LogP contribution in [-0.2, 0) is 10.0 Å². The molecular weight excluding hydrogens is 286 g/mol. The van der Waals surface area contributed by atoms with Crippen molar-refractivity contribution in [3.8, 4) is 11.8 Å². The van der Waals surface area contributed by atoms with Crippen molar-refractivity contribution in [2.75, 3.05) is 13.2 Å². The van der Waals surface area contributed by atoms with Crippen molar-refractivity contribution in [3.63, 3.8) is 0 Å². The van der Waals surface area contributed by atoms with Crippen LogP contribution in [0.25, 0.3) is 0 Å². The smallest absolute Gasteiger partial charge is 0.241 e. The average Bonchev–Trinajstić information content (AvgIpc) is 2.45. The van der Waals surface area contributed by atoms with Crippen LogP contribution in [0.5, 0.6) is 0 Å². The van der Waals surface area contributed by atoms with Crippen LogP contribution in [0.15, 0.2) is 29.2 Å². The average molecular weight is 309 g/mol. The van der Waals surface area contributed by atoms with E-state index in [9.17, 15) is 8.42 Å². The van der Waals surface area contributed by atoms with E-state index in [1.54, 1.807) is 24.3 Å². The molecule has 0 saturated heterocycles. The topological polar surface area (TPSA) is 66.4 Å². The predicted octanol–water partition coefficient (Wildman–Crippen LogP) is 1.99. The molecule has 1 rings (SSSR count). The molecule has 0 aliphatic heterocycles. The lowest BCUT2D eigenvalue weighted by molar-refractivity contribution is 0.305. The Morgan fingerprint density at radius 1 is 1.24 bits per heavy atom. The van der Waals surface area contributed by atoms with E-state index in [-0.39, 0.29) is 17.4 Å². The highest BCUT2D eigenvalue weighted by Gasteiger charge is 2.18. The van der Waals surface area contributed by atoms with Crippen LogP contribution >= 0.6 is 0 Å². The minimum absolute atomic E-state index is 0.0356. The minimum atomic E-state index is -3.57. The van der Waals surface area contributed by atoms with Gasteiger partial charge in [-0.05, 0) is 24.0 Å². The molecule has 1 aromatic carbocycles. The van der Waals surface area contributed by atoms with Gasteiger partial charge in [0, 0.05) is 18.5 Å². The van der Waals surface area contributed by atoms with E-state index >= 15 is 0 Å². The van der Waals surface area contributed by atoms with Gasteiger partial charge in [0.15, 0.2) is 0 Å². The van der Waals surface area contributed by atoms with Crippen LogP contribution in [0.4, 0.5) is 0 Å². The summed E-state index contributed by atoms with van der Waals surface area (Å²) in [7, 11) is -3.57. The molecule has 0 amide bonds. The molecule has 1 aromatic rings. The van der Waals surface area contributed by atoms with Crippen LogP contribution in [0, 0.1) is 23.7 Å². The summed E-state index contributed by atoms with van der Waals surface area (Å²) in [5.74, 6) is 6.22. The van der Waals surface area contributed by atoms with Gasteiger partial charge in [-0.15, -0.1) is 0 Å². The molecule has 5 heteroatoms. The molecule has 0 heterocycles. The highest BCUT2D eigenvalue weighted by Crippen LogP contribution is 2.15. The van der Waals surface area contributed by atoms with Crippen molar-refractivity contribution in [2.45, 2.75) is 32.1 Å². The fourth-order valence-corrected chi connectivity index (χ4v) is 2.88. The van der Waals surface area contributed by atoms with E-state index in [1.165, 1.54) is 0 Å². The standard InChI is InChI=1S/C16H23NO3S/c1-13(2)14(3)12-17-21(19,20)16-10-5-4-8-15(16)9-6-7-11-18/h4-5,8,10,13-14,17-18H,7,11-12H2,1-3H3. The van der Waals surface area contributed by atoms with Crippen molar-refractivity contribution in [1.82, 2.24) is 4.72 Å². The highest BCUT2D eigenvalue weighted by molar-refractivity contribution is 7.89. The maximum Gasteiger partial charge on any atom is 0.241 e. The predicted molar refractivity (Wildman–Crippen MR) is 84.2 cm³/mol. The van der Waals surface area contributed by atoms with Crippen molar-refractivity contribution in [3.05, 3.63) is 29.8 Å². The quantitative estimate of drug-likeness (QED) is 0.790. The van der Waals surface area contributed by atoms with E-state index in [0.29, 0.717) is 24.4 Å². The Bertz CT molecular complexity index is 612. The lowest BCUT2D eigenvalue weighted by Crippen LogP contribution is -2.30. The summed E-state index contributed by atoms with van der Waals surface area (Å²) in [6.07, 6.45) is 0.326. The molecule has 0 saturated carbocycles. The third-order valence-electron chi connectivity index (χ3n) is 3.37. The second-order valence-electron chi connectivity index (χ2n) is 5.34. The van der Waals surface area contributed by atoms with E-state index in [4.69, 9.17) is 5.11 Å². The maximum absolute atomic E-state index is 12.4. The molecule has 0 aromatic heterocycles. The van der Waals surface area contributed by atoms with Crippen LogP contribution in [0.2, 0.25) is 0 Å². The van der Waals surface area contributed by atoms with E-state index in [2.05, 4.69) is 30.4 Å². The summed E-state index contributed by atoms with van der Waals surface area (Å²) in [5, 5.41) is 8.74. The Morgan fingerprint density at radius 3 is 2.52 bits per heavy atom. The molecule has 0 aliphatic rings. The Morgan fingerprint density at radius 2 is 1.90 bits per heavy atom. The number of benzene rings is 1. The summed E-state index contributed by atoms with van der Waals surface area (Å²) in [6, 6.07) is 6.65. The van der Waals surface area contributed by atoms with Crippen molar-refractivity contribution < 1.29 is 13.5 Å². The normalized spacial score (nSPS) is 12.8. The minimum Gasteiger partial charge on any atom is -0.395 e. The van der Waals surface area contributed by atoms with Gasteiger partial charge in [-0.1, -0.05) is 44.7 Å². The van der Waals surface area contributed by atoms with Crippen LogP contribution in [0.1, 0.15) is 32.8 Å². The van der Waals surface area contributed by atoms with Gasteiger partial charge in [-0.25, -0.2) is 13.1 Å². The van der Waals surface area contributed by atoms with E-state index in [0.717, 1.165) is 0 Å². The second kappa shape index (κ2) is 8.18. The molecular formula is C16H23NO3S. The third kappa shape index (κ3) is 5.50.